The number of hydrogen-bond acceptors (Lipinski definition) is 3. The first-order chi connectivity index (χ1) is 13.8. The maximum atomic E-state index is 6.16. The standard InChI is InChI=1S/C25H28N2O/c1-2-3-4-8-17-28-25-18-23(27-19-20-9-6-5-7-10-20)15-16-24(25)21-11-13-22(26)14-12-21/h5-7,9-16,18-19H,2-4,8,17,26H2,1H3. The molecule has 0 fully saturated rings. The molecule has 0 aliphatic carbocycles. The van der Waals surface area contributed by atoms with Crippen molar-refractivity contribution in [2.24, 2.45) is 4.99 Å². The Morgan fingerprint density at radius 2 is 1.68 bits per heavy atom. The molecule has 0 aliphatic rings. The second-order valence-electron chi connectivity index (χ2n) is 6.88. The molecule has 144 valence electrons. The monoisotopic (exact) mass is 372 g/mol. The fourth-order valence-electron chi connectivity index (χ4n) is 3.01. The molecular weight excluding hydrogens is 344 g/mol. The molecule has 0 spiro atoms. The molecule has 0 saturated carbocycles. The Balaban J connectivity index is 1.82. The fraction of sp³-hybridized carbons (Fsp3) is 0.240. The number of aliphatic imine (C=N–C) groups is 1. The Morgan fingerprint density at radius 1 is 0.893 bits per heavy atom. The van der Waals surface area contributed by atoms with Gasteiger partial charge in [0.1, 0.15) is 5.75 Å². The second-order valence-corrected chi connectivity index (χ2v) is 6.88. The molecule has 0 atom stereocenters. The van der Waals surface area contributed by atoms with E-state index in [4.69, 9.17) is 10.5 Å². The Morgan fingerprint density at radius 3 is 2.43 bits per heavy atom. The van der Waals surface area contributed by atoms with Crippen molar-refractivity contribution in [3.05, 3.63) is 78.4 Å². The van der Waals surface area contributed by atoms with Crippen LogP contribution in [0.25, 0.3) is 11.1 Å². The van der Waals surface area contributed by atoms with Gasteiger partial charge in [-0.15, -0.1) is 0 Å². The molecule has 3 aromatic carbocycles. The fourth-order valence-corrected chi connectivity index (χ4v) is 3.01. The van der Waals surface area contributed by atoms with E-state index in [0.29, 0.717) is 6.61 Å². The Kier molecular flexibility index (Phi) is 7.25. The average molecular weight is 373 g/mol. The van der Waals surface area contributed by atoms with Gasteiger partial charge in [0.2, 0.25) is 0 Å². The van der Waals surface area contributed by atoms with Crippen molar-refractivity contribution in [3.8, 4) is 16.9 Å². The molecule has 3 heteroatoms. The van der Waals surface area contributed by atoms with Crippen LogP contribution in [0.3, 0.4) is 0 Å². The summed E-state index contributed by atoms with van der Waals surface area (Å²) in [7, 11) is 0. The van der Waals surface area contributed by atoms with Gasteiger partial charge < -0.3 is 10.5 Å². The number of unbranched alkanes of at least 4 members (excludes halogenated alkanes) is 3. The Labute approximate surface area is 167 Å². The summed E-state index contributed by atoms with van der Waals surface area (Å²) < 4.78 is 6.16. The SMILES string of the molecule is CCCCCCOc1cc(N=Cc2ccccc2)ccc1-c1ccc(N)cc1. The summed E-state index contributed by atoms with van der Waals surface area (Å²) in [6, 6.07) is 24.1. The number of ether oxygens (including phenoxy) is 1. The molecule has 0 aliphatic heterocycles. The molecular formula is C25H28N2O. The molecule has 0 saturated heterocycles. The van der Waals surface area contributed by atoms with Crippen molar-refractivity contribution < 1.29 is 4.74 Å². The molecule has 0 radical (unpaired) electrons. The van der Waals surface area contributed by atoms with Crippen LogP contribution in [0.4, 0.5) is 11.4 Å². The van der Waals surface area contributed by atoms with Crippen molar-refractivity contribution in [2.45, 2.75) is 32.6 Å². The number of nitrogen functional groups attached to an aromatic ring is 1. The van der Waals surface area contributed by atoms with E-state index >= 15 is 0 Å². The summed E-state index contributed by atoms with van der Waals surface area (Å²) in [5.74, 6) is 0.865. The van der Waals surface area contributed by atoms with Crippen molar-refractivity contribution in [1.29, 1.82) is 0 Å². The molecule has 2 N–H and O–H groups in total. The predicted octanol–water partition coefficient (Wildman–Crippen LogP) is 6.65. The lowest BCUT2D eigenvalue weighted by Gasteiger charge is -2.13. The van der Waals surface area contributed by atoms with Crippen LogP contribution in [0.5, 0.6) is 5.75 Å². The molecule has 0 heterocycles. The minimum absolute atomic E-state index is 0.716. The van der Waals surface area contributed by atoms with Crippen LogP contribution in [-0.2, 0) is 0 Å². The normalized spacial score (nSPS) is 11.0. The summed E-state index contributed by atoms with van der Waals surface area (Å²) in [6.45, 7) is 2.93. The van der Waals surface area contributed by atoms with Crippen LogP contribution in [-0.4, -0.2) is 12.8 Å². The molecule has 0 unspecified atom stereocenters. The number of nitrogens with two attached hydrogens (primary N) is 1. The van der Waals surface area contributed by atoms with Gasteiger partial charge in [-0.25, -0.2) is 0 Å². The molecule has 3 aromatic rings. The van der Waals surface area contributed by atoms with Crippen LogP contribution >= 0.6 is 0 Å². The summed E-state index contributed by atoms with van der Waals surface area (Å²) in [4.78, 5) is 4.62. The van der Waals surface area contributed by atoms with Crippen molar-refractivity contribution in [3.63, 3.8) is 0 Å². The highest BCUT2D eigenvalue weighted by atomic mass is 16.5. The minimum Gasteiger partial charge on any atom is -0.493 e. The lowest BCUT2D eigenvalue weighted by atomic mass is 10.0. The molecule has 0 bridgehead atoms. The third kappa shape index (κ3) is 5.71. The summed E-state index contributed by atoms with van der Waals surface area (Å²) in [5, 5.41) is 0. The first kappa shape index (κ1) is 19.7. The van der Waals surface area contributed by atoms with Gasteiger partial charge in [-0.3, -0.25) is 4.99 Å². The maximum Gasteiger partial charge on any atom is 0.129 e. The molecule has 0 aromatic heterocycles. The largest absolute Gasteiger partial charge is 0.493 e. The maximum absolute atomic E-state index is 6.16. The zero-order valence-electron chi connectivity index (χ0n) is 16.5. The van der Waals surface area contributed by atoms with Gasteiger partial charge in [0.05, 0.1) is 12.3 Å². The van der Waals surface area contributed by atoms with Crippen LogP contribution in [0.2, 0.25) is 0 Å². The van der Waals surface area contributed by atoms with E-state index in [1.807, 2.05) is 72.9 Å². The predicted molar refractivity (Wildman–Crippen MR) is 120 cm³/mol. The summed E-state index contributed by atoms with van der Waals surface area (Å²) in [5.41, 5.74) is 10.7. The van der Waals surface area contributed by atoms with Gasteiger partial charge in [-0.05, 0) is 41.8 Å². The lowest BCUT2D eigenvalue weighted by molar-refractivity contribution is 0.306. The first-order valence-corrected chi connectivity index (χ1v) is 9.98. The van der Waals surface area contributed by atoms with Crippen molar-refractivity contribution >= 4 is 17.6 Å². The van der Waals surface area contributed by atoms with E-state index < -0.39 is 0 Å². The van der Waals surface area contributed by atoms with E-state index in [-0.39, 0.29) is 0 Å². The number of anilines is 1. The number of benzene rings is 3. The van der Waals surface area contributed by atoms with Crippen LogP contribution < -0.4 is 10.5 Å². The highest BCUT2D eigenvalue weighted by Crippen LogP contribution is 2.34. The van der Waals surface area contributed by atoms with Gasteiger partial charge in [0.15, 0.2) is 0 Å². The number of rotatable bonds is 9. The van der Waals surface area contributed by atoms with Gasteiger partial charge in [0, 0.05) is 23.5 Å². The van der Waals surface area contributed by atoms with Gasteiger partial charge >= 0.3 is 0 Å². The zero-order valence-corrected chi connectivity index (χ0v) is 16.5. The van der Waals surface area contributed by atoms with E-state index in [1.54, 1.807) is 0 Å². The van der Waals surface area contributed by atoms with E-state index in [9.17, 15) is 0 Å². The third-order valence-corrected chi connectivity index (χ3v) is 4.60. The quantitative estimate of drug-likeness (QED) is 0.260. The molecule has 0 amide bonds. The van der Waals surface area contributed by atoms with E-state index in [2.05, 4.69) is 18.0 Å². The minimum atomic E-state index is 0.716. The number of nitrogens with zero attached hydrogens (tertiary/aromatic N) is 1. The first-order valence-electron chi connectivity index (χ1n) is 9.98. The summed E-state index contributed by atoms with van der Waals surface area (Å²) in [6.07, 6.45) is 6.60. The Hall–Kier alpha value is -3.07. The van der Waals surface area contributed by atoms with E-state index in [0.717, 1.165) is 40.2 Å². The van der Waals surface area contributed by atoms with Gasteiger partial charge in [-0.1, -0.05) is 68.7 Å². The van der Waals surface area contributed by atoms with E-state index in [1.165, 1.54) is 19.3 Å². The zero-order chi connectivity index (χ0) is 19.6. The van der Waals surface area contributed by atoms with Crippen LogP contribution in [0.1, 0.15) is 38.2 Å². The Bertz CT molecular complexity index is 886. The second kappa shape index (κ2) is 10.3. The topological polar surface area (TPSA) is 47.6 Å². The molecule has 3 nitrogen and oxygen atoms in total. The van der Waals surface area contributed by atoms with Gasteiger partial charge in [0.25, 0.3) is 0 Å². The highest BCUT2D eigenvalue weighted by molar-refractivity contribution is 5.82. The smallest absolute Gasteiger partial charge is 0.129 e. The van der Waals surface area contributed by atoms with Crippen molar-refractivity contribution in [1.82, 2.24) is 0 Å². The van der Waals surface area contributed by atoms with Crippen LogP contribution in [0, 0.1) is 0 Å². The molecule has 3 rings (SSSR count). The summed E-state index contributed by atoms with van der Waals surface area (Å²) >= 11 is 0. The lowest BCUT2D eigenvalue weighted by Crippen LogP contribution is -1.99. The van der Waals surface area contributed by atoms with Gasteiger partial charge in [-0.2, -0.15) is 0 Å². The van der Waals surface area contributed by atoms with Crippen LogP contribution in [0.15, 0.2) is 77.8 Å². The number of hydrogen-bond donors (Lipinski definition) is 1. The van der Waals surface area contributed by atoms with Crippen molar-refractivity contribution in [2.75, 3.05) is 12.3 Å². The third-order valence-electron chi connectivity index (χ3n) is 4.60. The average Bonchev–Trinajstić information content (AvgIpc) is 2.74. The highest BCUT2D eigenvalue weighted by Gasteiger charge is 2.08. The molecule has 28 heavy (non-hydrogen) atoms.